The Kier molecular flexibility index (Phi) is 5.90. The zero-order chi connectivity index (χ0) is 20.9. The highest BCUT2D eigenvalue weighted by atomic mass is 32.2. The van der Waals surface area contributed by atoms with Gasteiger partial charge in [0.05, 0.1) is 5.75 Å². The van der Waals surface area contributed by atoms with E-state index in [4.69, 9.17) is 0 Å². The summed E-state index contributed by atoms with van der Waals surface area (Å²) >= 11 is 1.29. The second-order valence-electron chi connectivity index (χ2n) is 6.69. The highest BCUT2D eigenvalue weighted by Crippen LogP contribution is 2.28. The Morgan fingerprint density at radius 3 is 2.37 bits per heavy atom. The van der Waals surface area contributed by atoms with Crippen LogP contribution < -0.4 is 5.32 Å². The van der Waals surface area contributed by atoms with Crippen molar-refractivity contribution in [2.75, 3.05) is 11.1 Å². The summed E-state index contributed by atoms with van der Waals surface area (Å²) < 4.78 is 15.2. The molecule has 0 spiro atoms. The number of carbonyl (C=O) groups is 1. The van der Waals surface area contributed by atoms with Crippen LogP contribution in [0.3, 0.4) is 0 Å². The van der Waals surface area contributed by atoms with Gasteiger partial charge in [-0.3, -0.25) is 9.36 Å². The van der Waals surface area contributed by atoms with Crippen molar-refractivity contribution in [1.29, 1.82) is 0 Å². The van der Waals surface area contributed by atoms with Crippen molar-refractivity contribution in [1.82, 2.24) is 14.8 Å². The molecule has 0 bridgehead atoms. The molecule has 0 unspecified atom stereocenters. The summed E-state index contributed by atoms with van der Waals surface area (Å²) in [7, 11) is 0. The van der Waals surface area contributed by atoms with Gasteiger partial charge in [-0.25, -0.2) is 4.39 Å². The number of benzene rings is 3. The SMILES string of the molecule is Cc1ccc(NC(=O)CSc2nnc(-c3ccc(F)cc3)n2-c2ccccc2)cc1. The van der Waals surface area contributed by atoms with E-state index in [1.54, 1.807) is 12.1 Å². The van der Waals surface area contributed by atoms with E-state index in [9.17, 15) is 9.18 Å². The third kappa shape index (κ3) is 4.58. The first-order valence-electron chi connectivity index (χ1n) is 9.36. The molecule has 0 aliphatic carbocycles. The van der Waals surface area contributed by atoms with E-state index >= 15 is 0 Å². The van der Waals surface area contributed by atoms with Gasteiger partial charge in [0.25, 0.3) is 0 Å². The standard InChI is InChI=1S/C23H19FN4OS/c1-16-7-13-19(14-8-16)25-21(29)15-30-23-27-26-22(17-9-11-18(24)12-10-17)28(23)20-5-3-2-4-6-20/h2-14H,15H2,1H3,(H,25,29). The molecule has 1 aromatic heterocycles. The first-order chi connectivity index (χ1) is 14.6. The summed E-state index contributed by atoms with van der Waals surface area (Å²) in [5.41, 5.74) is 3.49. The second-order valence-corrected chi connectivity index (χ2v) is 7.63. The van der Waals surface area contributed by atoms with E-state index in [0.717, 1.165) is 22.5 Å². The lowest BCUT2D eigenvalue weighted by Crippen LogP contribution is -2.14. The molecular weight excluding hydrogens is 399 g/mol. The number of anilines is 1. The number of hydrogen-bond acceptors (Lipinski definition) is 4. The van der Waals surface area contributed by atoms with Crippen molar-refractivity contribution < 1.29 is 9.18 Å². The second kappa shape index (κ2) is 8.92. The van der Waals surface area contributed by atoms with Crippen LogP contribution in [-0.4, -0.2) is 26.4 Å². The molecule has 3 aromatic carbocycles. The summed E-state index contributed by atoms with van der Waals surface area (Å²) in [4.78, 5) is 12.4. The topological polar surface area (TPSA) is 59.8 Å². The monoisotopic (exact) mass is 418 g/mol. The summed E-state index contributed by atoms with van der Waals surface area (Å²) in [5, 5.41) is 12.1. The molecule has 4 aromatic rings. The molecule has 7 heteroatoms. The Labute approximate surface area is 178 Å². The predicted molar refractivity (Wildman–Crippen MR) is 117 cm³/mol. The smallest absolute Gasteiger partial charge is 0.234 e. The van der Waals surface area contributed by atoms with E-state index < -0.39 is 0 Å². The number of thioether (sulfide) groups is 1. The van der Waals surface area contributed by atoms with Crippen molar-refractivity contribution in [3.8, 4) is 17.1 Å². The molecule has 0 radical (unpaired) electrons. The minimum atomic E-state index is -0.313. The molecule has 1 amide bonds. The maximum Gasteiger partial charge on any atom is 0.234 e. The van der Waals surface area contributed by atoms with Gasteiger partial charge in [-0.15, -0.1) is 10.2 Å². The fraction of sp³-hybridized carbons (Fsp3) is 0.0870. The van der Waals surface area contributed by atoms with Crippen LogP contribution in [0.15, 0.2) is 84.0 Å². The van der Waals surface area contributed by atoms with Crippen LogP contribution in [0.5, 0.6) is 0 Å². The number of aromatic nitrogens is 3. The number of carbonyl (C=O) groups excluding carboxylic acids is 1. The normalized spacial score (nSPS) is 10.7. The maximum absolute atomic E-state index is 13.4. The Balaban J connectivity index is 1.57. The van der Waals surface area contributed by atoms with Crippen LogP contribution in [0.2, 0.25) is 0 Å². The number of halogens is 1. The third-order valence-electron chi connectivity index (χ3n) is 4.42. The minimum absolute atomic E-state index is 0.130. The maximum atomic E-state index is 13.4. The highest BCUT2D eigenvalue weighted by Gasteiger charge is 2.17. The third-order valence-corrected chi connectivity index (χ3v) is 5.35. The molecule has 0 aliphatic heterocycles. The van der Waals surface area contributed by atoms with Crippen LogP contribution in [-0.2, 0) is 4.79 Å². The molecule has 0 aliphatic rings. The van der Waals surface area contributed by atoms with Crippen molar-refractivity contribution >= 4 is 23.4 Å². The number of amides is 1. The minimum Gasteiger partial charge on any atom is -0.325 e. The van der Waals surface area contributed by atoms with Crippen molar-refractivity contribution in [2.24, 2.45) is 0 Å². The van der Waals surface area contributed by atoms with Gasteiger partial charge in [0.2, 0.25) is 5.91 Å². The van der Waals surface area contributed by atoms with Gasteiger partial charge in [0, 0.05) is 16.9 Å². The zero-order valence-electron chi connectivity index (χ0n) is 16.2. The highest BCUT2D eigenvalue weighted by molar-refractivity contribution is 7.99. The van der Waals surface area contributed by atoms with Gasteiger partial charge in [-0.05, 0) is 55.5 Å². The zero-order valence-corrected chi connectivity index (χ0v) is 17.1. The number of aryl methyl sites for hydroxylation is 1. The lowest BCUT2D eigenvalue weighted by molar-refractivity contribution is -0.113. The number of hydrogen-bond donors (Lipinski definition) is 1. The van der Waals surface area contributed by atoms with Gasteiger partial charge in [-0.1, -0.05) is 47.7 Å². The van der Waals surface area contributed by atoms with Crippen LogP contribution in [0.4, 0.5) is 10.1 Å². The summed E-state index contributed by atoms with van der Waals surface area (Å²) in [6.45, 7) is 2.00. The number of nitrogens with zero attached hydrogens (tertiary/aromatic N) is 3. The summed E-state index contributed by atoms with van der Waals surface area (Å²) in [5.74, 6) is 0.326. The fourth-order valence-corrected chi connectivity index (χ4v) is 3.68. The lowest BCUT2D eigenvalue weighted by Gasteiger charge is -2.10. The molecule has 1 heterocycles. The number of rotatable bonds is 6. The molecule has 4 rings (SSSR count). The predicted octanol–water partition coefficient (Wildman–Crippen LogP) is 5.11. The molecule has 1 N–H and O–H groups in total. The van der Waals surface area contributed by atoms with Crippen molar-refractivity contribution in [2.45, 2.75) is 12.1 Å². The molecule has 150 valence electrons. The Morgan fingerprint density at radius 2 is 1.67 bits per heavy atom. The first kappa shape index (κ1) is 19.8. The summed E-state index contributed by atoms with van der Waals surface area (Å²) in [6.07, 6.45) is 0. The van der Waals surface area contributed by atoms with Gasteiger partial charge in [-0.2, -0.15) is 0 Å². The van der Waals surface area contributed by atoms with E-state index in [0.29, 0.717) is 11.0 Å². The van der Waals surface area contributed by atoms with Crippen LogP contribution in [0, 0.1) is 12.7 Å². The Hall–Kier alpha value is -3.45. The average molecular weight is 418 g/mol. The molecule has 0 fully saturated rings. The average Bonchev–Trinajstić information content (AvgIpc) is 3.19. The van der Waals surface area contributed by atoms with Gasteiger partial charge >= 0.3 is 0 Å². The first-order valence-corrected chi connectivity index (χ1v) is 10.3. The molecule has 0 atom stereocenters. The largest absolute Gasteiger partial charge is 0.325 e. The van der Waals surface area contributed by atoms with Crippen LogP contribution in [0.1, 0.15) is 5.56 Å². The van der Waals surface area contributed by atoms with Crippen LogP contribution >= 0.6 is 11.8 Å². The van der Waals surface area contributed by atoms with Gasteiger partial charge in [0.15, 0.2) is 11.0 Å². The Bertz CT molecular complexity index is 1140. The molecule has 5 nitrogen and oxygen atoms in total. The van der Waals surface area contributed by atoms with E-state index in [1.165, 1.54) is 23.9 Å². The van der Waals surface area contributed by atoms with Gasteiger partial charge in [0.1, 0.15) is 5.82 Å². The molecular formula is C23H19FN4OS. The molecule has 30 heavy (non-hydrogen) atoms. The summed E-state index contributed by atoms with van der Waals surface area (Å²) in [6, 6.07) is 23.4. The van der Waals surface area contributed by atoms with E-state index in [-0.39, 0.29) is 17.5 Å². The quantitative estimate of drug-likeness (QED) is 0.442. The molecule has 0 saturated carbocycles. The Morgan fingerprint density at radius 1 is 0.967 bits per heavy atom. The van der Waals surface area contributed by atoms with Gasteiger partial charge < -0.3 is 5.32 Å². The van der Waals surface area contributed by atoms with E-state index in [1.807, 2.05) is 66.1 Å². The number of nitrogens with one attached hydrogen (secondary N) is 1. The van der Waals surface area contributed by atoms with Crippen molar-refractivity contribution in [3.05, 3.63) is 90.2 Å². The van der Waals surface area contributed by atoms with Crippen molar-refractivity contribution in [3.63, 3.8) is 0 Å². The van der Waals surface area contributed by atoms with Crippen LogP contribution in [0.25, 0.3) is 17.1 Å². The fourth-order valence-electron chi connectivity index (χ4n) is 2.92. The number of para-hydroxylation sites is 1. The lowest BCUT2D eigenvalue weighted by atomic mass is 10.2. The van der Waals surface area contributed by atoms with E-state index in [2.05, 4.69) is 15.5 Å². The molecule has 0 saturated heterocycles.